The fraction of sp³-hybridized carbons (Fsp3) is 0.389. The van der Waals surface area contributed by atoms with E-state index in [2.05, 4.69) is 20.6 Å². The van der Waals surface area contributed by atoms with Crippen LogP contribution in [-0.2, 0) is 11.2 Å². The summed E-state index contributed by atoms with van der Waals surface area (Å²) in [6.07, 6.45) is 8.30. The van der Waals surface area contributed by atoms with Crippen molar-refractivity contribution in [3.8, 4) is 0 Å². The van der Waals surface area contributed by atoms with E-state index in [9.17, 15) is 4.79 Å². The fourth-order valence-electron chi connectivity index (χ4n) is 3.57. The molecule has 0 atom stereocenters. The quantitative estimate of drug-likeness (QED) is 0.775. The van der Waals surface area contributed by atoms with Crippen molar-refractivity contribution in [2.75, 3.05) is 0 Å². The molecule has 0 spiro atoms. The lowest BCUT2D eigenvalue weighted by atomic mass is 9.91. The largest absolute Gasteiger partial charge is 0.353 e. The molecule has 0 bridgehead atoms. The molecule has 2 aromatic heterocycles. The van der Waals surface area contributed by atoms with Gasteiger partial charge in [0.2, 0.25) is 5.91 Å². The van der Waals surface area contributed by atoms with E-state index in [1.807, 2.05) is 47.4 Å². The highest BCUT2D eigenvalue weighted by Gasteiger charge is 2.24. The van der Waals surface area contributed by atoms with Crippen molar-refractivity contribution in [1.29, 1.82) is 0 Å². The Kier molecular flexibility index (Phi) is 4.02. The molecular formula is C18H21N5O. The highest BCUT2D eigenvalue weighted by Crippen LogP contribution is 2.27. The number of hydrogen-bond acceptors (Lipinski definition) is 3. The Hall–Kier alpha value is -2.63. The van der Waals surface area contributed by atoms with Crippen molar-refractivity contribution < 1.29 is 4.79 Å². The molecule has 1 fully saturated rings. The van der Waals surface area contributed by atoms with E-state index in [4.69, 9.17) is 0 Å². The van der Waals surface area contributed by atoms with Gasteiger partial charge < -0.3 is 5.32 Å². The summed E-state index contributed by atoms with van der Waals surface area (Å²) in [5.41, 5.74) is 1.79. The van der Waals surface area contributed by atoms with E-state index in [1.54, 1.807) is 0 Å². The van der Waals surface area contributed by atoms with Crippen LogP contribution in [-0.4, -0.2) is 31.9 Å². The lowest BCUT2D eigenvalue weighted by Gasteiger charge is -2.29. The van der Waals surface area contributed by atoms with Gasteiger partial charge in [-0.3, -0.25) is 14.6 Å². The van der Waals surface area contributed by atoms with Gasteiger partial charge >= 0.3 is 0 Å². The summed E-state index contributed by atoms with van der Waals surface area (Å²) >= 11 is 0. The molecule has 24 heavy (non-hydrogen) atoms. The zero-order chi connectivity index (χ0) is 16.4. The highest BCUT2D eigenvalue weighted by molar-refractivity contribution is 5.87. The van der Waals surface area contributed by atoms with Crippen LogP contribution in [0.4, 0.5) is 0 Å². The van der Waals surface area contributed by atoms with Gasteiger partial charge in [0.25, 0.3) is 0 Å². The van der Waals surface area contributed by atoms with Gasteiger partial charge in [-0.25, -0.2) is 0 Å². The Morgan fingerprint density at radius 3 is 2.83 bits per heavy atom. The minimum Gasteiger partial charge on any atom is -0.353 e. The number of aromatic nitrogens is 4. The maximum absolute atomic E-state index is 12.4. The maximum Gasteiger partial charge on any atom is 0.226 e. The number of amides is 1. The molecule has 0 saturated heterocycles. The van der Waals surface area contributed by atoms with Gasteiger partial charge in [0.15, 0.2) is 0 Å². The summed E-state index contributed by atoms with van der Waals surface area (Å²) in [4.78, 5) is 12.4. The van der Waals surface area contributed by atoms with E-state index in [-0.39, 0.29) is 11.9 Å². The minimum atomic E-state index is 0.0620. The molecule has 0 radical (unpaired) electrons. The van der Waals surface area contributed by atoms with Crippen LogP contribution in [0.5, 0.6) is 0 Å². The second-order valence-corrected chi connectivity index (χ2v) is 6.46. The molecule has 124 valence electrons. The Balaban J connectivity index is 1.32. The summed E-state index contributed by atoms with van der Waals surface area (Å²) in [6, 6.07) is 10.5. The minimum absolute atomic E-state index is 0.0620. The van der Waals surface area contributed by atoms with Crippen molar-refractivity contribution in [2.24, 2.45) is 0 Å². The molecule has 6 nitrogen and oxygen atoms in total. The average molecular weight is 323 g/mol. The summed E-state index contributed by atoms with van der Waals surface area (Å²) in [6.45, 7) is 0. The second-order valence-electron chi connectivity index (χ2n) is 6.46. The number of para-hydroxylation sites is 1. The SMILES string of the molecule is O=C(Cc1[nH]nc2ccccc12)NC1CCC(n2cccn2)CC1. The van der Waals surface area contributed by atoms with Gasteiger partial charge in [-0.15, -0.1) is 0 Å². The molecule has 1 aliphatic carbocycles. The number of aromatic amines is 1. The molecule has 1 aliphatic rings. The van der Waals surface area contributed by atoms with E-state index in [0.717, 1.165) is 42.3 Å². The lowest BCUT2D eigenvalue weighted by Crippen LogP contribution is -2.38. The molecule has 1 saturated carbocycles. The van der Waals surface area contributed by atoms with Crippen LogP contribution >= 0.6 is 0 Å². The third-order valence-corrected chi connectivity index (χ3v) is 4.84. The average Bonchev–Trinajstić information content (AvgIpc) is 3.26. The first kappa shape index (κ1) is 14.9. The van der Waals surface area contributed by atoms with E-state index >= 15 is 0 Å². The highest BCUT2D eigenvalue weighted by atomic mass is 16.1. The first-order valence-corrected chi connectivity index (χ1v) is 8.50. The summed E-state index contributed by atoms with van der Waals surface area (Å²) in [5, 5.41) is 15.7. The molecule has 3 aromatic rings. The van der Waals surface area contributed by atoms with Crippen LogP contribution in [0.3, 0.4) is 0 Å². The molecule has 0 unspecified atom stereocenters. The number of nitrogens with zero attached hydrogens (tertiary/aromatic N) is 3. The van der Waals surface area contributed by atoms with Gasteiger partial charge in [0.1, 0.15) is 0 Å². The van der Waals surface area contributed by atoms with Crippen molar-refractivity contribution in [3.63, 3.8) is 0 Å². The predicted molar refractivity (Wildman–Crippen MR) is 91.5 cm³/mol. The predicted octanol–water partition coefficient (Wildman–Crippen LogP) is 2.60. The smallest absolute Gasteiger partial charge is 0.226 e. The fourth-order valence-corrected chi connectivity index (χ4v) is 3.57. The second kappa shape index (κ2) is 6.47. The number of nitrogens with one attached hydrogen (secondary N) is 2. The third kappa shape index (κ3) is 3.04. The summed E-state index contributed by atoms with van der Waals surface area (Å²) in [7, 11) is 0. The molecule has 1 aromatic carbocycles. The Labute approximate surface area is 140 Å². The van der Waals surface area contributed by atoms with Crippen molar-refractivity contribution in [1.82, 2.24) is 25.3 Å². The van der Waals surface area contributed by atoms with Gasteiger partial charge in [-0.05, 0) is 37.8 Å². The standard InChI is InChI=1S/C18H21N5O/c24-18(12-17-15-4-1-2-5-16(15)21-22-17)20-13-6-8-14(9-7-13)23-11-3-10-19-23/h1-5,10-11,13-14H,6-9,12H2,(H,20,24)(H,21,22). The molecule has 4 rings (SSSR count). The van der Waals surface area contributed by atoms with E-state index in [0.29, 0.717) is 12.5 Å². The number of benzene rings is 1. The zero-order valence-electron chi connectivity index (χ0n) is 13.5. The van der Waals surface area contributed by atoms with Crippen LogP contribution < -0.4 is 5.32 Å². The summed E-state index contributed by atoms with van der Waals surface area (Å²) in [5.74, 6) is 0.0620. The monoisotopic (exact) mass is 323 g/mol. The lowest BCUT2D eigenvalue weighted by molar-refractivity contribution is -0.121. The van der Waals surface area contributed by atoms with Crippen molar-refractivity contribution in [3.05, 3.63) is 48.4 Å². The molecule has 1 amide bonds. The first-order valence-electron chi connectivity index (χ1n) is 8.50. The van der Waals surface area contributed by atoms with Crippen molar-refractivity contribution in [2.45, 2.75) is 44.2 Å². The van der Waals surface area contributed by atoms with Gasteiger partial charge in [-0.1, -0.05) is 18.2 Å². The number of fused-ring (bicyclic) bond motifs is 1. The number of carbonyl (C=O) groups excluding carboxylic acids is 1. The van der Waals surface area contributed by atoms with E-state index in [1.165, 1.54) is 0 Å². The molecular weight excluding hydrogens is 302 g/mol. The maximum atomic E-state index is 12.4. The van der Waals surface area contributed by atoms with Crippen LogP contribution in [0, 0.1) is 0 Å². The Morgan fingerprint density at radius 1 is 1.21 bits per heavy atom. The number of carbonyl (C=O) groups is 1. The third-order valence-electron chi connectivity index (χ3n) is 4.84. The number of H-pyrrole nitrogens is 1. The molecule has 2 N–H and O–H groups in total. The normalized spacial score (nSPS) is 21.0. The van der Waals surface area contributed by atoms with Crippen LogP contribution in [0.25, 0.3) is 10.9 Å². The zero-order valence-corrected chi connectivity index (χ0v) is 13.5. The first-order chi connectivity index (χ1) is 11.8. The molecule has 6 heteroatoms. The van der Waals surface area contributed by atoms with Crippen LogP contribution in [0.1, 0.15) is 37.4 Å². The number of hydrogen-bond donors (Lipinski definition) is 2. The van der Waals surface area contributed by atoms with Crippen LogP contribution in [0.15, 0.2) is 42.7 Å². The Morgan fingerprint density at radius 2 is 2.04 bits per heavy atom. The van der Waals surface area contributed by atoms with Gasteiger partial charge in [0.05, 0.1) is 23.7 Å². The molecule has 0 aliphatic heterocycles. The van der Waals surface area contributed by atoms with E-state index < -0.39 is 0 Å². The van der Waals surface area contributed by atoms with Gasteiger partial charge in [-0.2, -0.15) is 10.2 Å². The number of rotatable bonds is 4. The Bertz CT molecular complexity index is 815. The van der Waals surface area contributed by atoms with Crippen LogP contribution in [0.2, 0.25) is 0 Å². The van der Waals surface area contributed by atoms with Crippen molar-refractivity contribution >= 4 is 16.8 Å². The van der Waals surface area contributed by atoms with Gasteiger partial charge in [0, 0.05) is 23.8 Å². The summed E-state index contributed by atoms with van der Waals surface area (Å²) < 4.78 is 2.04. The topological polar surface area (TPSA) is 75.6 Å². The molecule has 2 heterocycles.